The van der Waals surface area contributed by atoms with Crippen LogP contribution in [0.4, 0.5) is 0 Å². The highest BCUT2D eigenvalue weighted by Crippen LogP contribution is 2.30. The van der Waals surface area contributed by atoms with E-state index >= 15 is 0 Å². The molecule has 2 aromatic rings. The molecule has 2 aliphatic rings. The molecule has 2 aliphatic heterocycles. The number of benzene rings is 1. The third-order valence-corrected chi connectivity index (χ3v) is 5.17. The zero-order valence-corrected chi connectivity index (χ0v) is 14.7. The van der Waals surface area contributed by atoms with Crippen LogP contribution in [0.3, 0.4) is 0 Å². The molecular weight excluding hydrogens is 364 g/mol. The van der Waals surface area contributed by atoms with Crippen molar-refractivity contribution in [2.24, 2.45) is 5.16 Å². The molecule has 2 atom stereocenters. The minimum absolute atomic E-state index is 0.219. The zero-order valence-electron chi connectivity index (χ0n) is 13.1. The van der Waals surface area contributed by atoms with Crippen molar-refractivity contribution in [3.63, 3.8) is 0 Å². The number of hydrogen-bond acceptors (Lipinski definition) is 6. The molecule has 6 nitrogen and oxygen atoms in total. The molecule has 1 N–H and O–H groups in total. The second-order valence-electron chi connectivity index (χ2n) is 5.68. The topological polar surface area (TPSA) is 69.2 Å². The number of carbonyl (C=O) groups excluding carboxylic acids is 1. The van der Waals surface area contributed by atoms with Gasteiger partial charge >= 0.3 is 0 Å². The number of rotatable bonds is 4. The second-order valence-corrected chi connectivity index (χ2v) is 7.40. The molecule has 0 saturated heterocycles. The van der Waals surface area contributed by atoms with Crippen LogP contribution in [0.15, 0.2) is 41.6 Å². The highest BCUT2D eigenvalue weighted by Gasteiger charge is 2.30. The number of ether oxygens (including phenoxy) is 2. The van der Waals surface area contributed by atoms with Crippen molar-refractivity contribution in [1.82, 2.24) is 5.32 Å². The fraction of sp³-hybridized carbons (Fsp3) is 0.294. The van der Waals surface area contributed by atoms with Crippen molar-refractivity contribution >= 4 is 34.6 Å². The minimum atomic E-state index is -0.632. The maximum Gasteiger partial charge on any atom is 0.264 e. The lowest BCUT2D eigenvalue weighted by Gasteiger charge is -2.26. The molecule has 0 bridgehead atoms. The molecule has 4 rings (SSSR count). The number of thiophene rings is 1. The van der Waals surface area contributed by atoms with Crippen LogP contribution < -0.4 is 14.8 Å². The first-order valence-corrected chi connectivity index (χ1v) is 9.03. The molecule has 0 spiro atoms. The molecule has 1 aromatic heterocycles. The van der Waals surface area contributed by atoms with E-state index in [1.165, 1.54) is 11.3 Å². The van der Waals surface area contributed by atoms with Gasteiger partial charge in [0.05, 0.1) is 15.8 Å². The average Bonchev–Trinajstić information content (AvgIpc) is 3.28. The van der Waals surface area contributed by atoms with Gasteiger partial charge in [-0.2, -0.15) is 0 Å². The standard InChI is InChI=1S/C17H15ClN2O4S/c18-16-6-5-15(25-16)11-7-14(24-20-11)17(21)19-8-10-9-22-12-3-1-2-4-13(12)23-10/h1-6,10,14H,7-9H2,(H,19,21). The fourth-order valence-electron chi connectivity index (χ4n) is 2.62. The molecule has 0 saturated carbocycles. The summed E-state index contributed by atoms with van der Waals surface area (Å²) < 4.78 is 12.1. The minimum Gasteiger partial charge on any atom is -0.486 e. The molecule has 0 radical (unpaired) electrons. The van der Waals surface area contributed by atoms with Crippen LogP contribution in [0.1, 0.15) is 11.3 Å². The Balaban J connectivity index is 1.28. The summed E-state index contributed by atoms with van der Waals surface area (Å²) in [6.45, 7) is 0.728. The van der Waals surface area contributed by atoms with Crippen LogP contribution in [-0.4, -0.2) is 37.0 Å². The van der Waals surface area contributed by atoms with Gasteiger partial charge < -0.3 is 19.6 Å². The number of nitrogens with zero attached hydrogens (tertiary/aromatic N) is 1. The van der Waals surface area contributed by atoms with Gasteiger partial charge in [-0.05, 0) is 24.3 Å². The average molecular weight is 379 g/mol. The Hall–Kier alpha value is -2.25. The smallest absolute Gasteiger partial charge is 0.264 e. The molecule has 130 valence electrons. The molecule has 1 aromatic carbocycles. The van der Waals surface area contributed by atoms with Crippen LogP contribution in [-0.2, 0) is 9.63 Å². The normalized spacial score (nSPS) is 21.4. The SMILES string of the molecule is O=C(NCC1COc2ccccc2O1)C1CC(c2ccc(Cl)s2)=NO1. The number of fused-ring (bicyclic) bond motifs is 1. The first-order valence-electron chi connectivity index (χ1n) is 7.83. The lowest BCUT2D eigenvalue weighted by atomic mass is 10.1. The van der Waals surface area contributed by atoms with Gasteiger partial charge in [0.25, 0.3) is 5.91 Å². The Labute approximate surface area is 153 Å². The van der Waals surface area contributed by atoms with Crippen molar-refractivity contribution in [3.05, 3.63) is 45.6 Å². The fourth-order valence-corrected chi connectivity index (χ4v) is 3.66. The van der Waals surface area contributed by atoms with Crippen molar-refractivity contribution in [1.29, 1.82) is 0 Å². The maximum absolute atomic E-state index is 12.3. The molecule has 0 fully saturated rings. The Morgan fingerprint density at radius 2 is 2.12 bits per heavy atom. The highest BCUT2D eigenvalue weighted by molar-refractivity contribution is 7.18. The summed E-state index contributed by atoms with van der Waals surface area (Å²) in [7, 11) is 0. The van der Waals surface area contributed by atoms with Crippen molar-refractivity contribution in [2.75, 3.05) is 13.2 Å². The van der Waals surface area contributed by atoms with E-state index in [-0.39, 0.29) is 12.0 Å². The Bertz CT molecular complexity index is 822. The van der Waals surface area contributed by atoms with Crippen LogP contribution in [0.5, 0.6) is 11.5 Å². The van der Waals surface area contributed by atoms with Crippen LogP contribution in [0, 0.1) is 0 Å². The van der Waals surface area contributed by atoms with Crippen LogP contribution >= 0.6 is 22.9 Å². The van der Waals surface area contributed by atoms with Gasteiger partial charge in [-0.15, -0.1) is 11.3 Å². The lowest BCUT2D eigenvalue weighted by molar-refractivity contribution is -0.131. The summed E-state index contributed by atoms with van der Waals surface area (Å²) in [4.78, 5) is 18.5. The molecule has 8 heteroatoms. The monoisotopic (exact) mass is 378 g/mol. The quantitative estimate of drug-likeness (QED) is 0.888. The first kappa shape index (κ1) is 16.2. The van der Waals surface area contributed by atoms with E-state index in [0.717, 1.165) is 16.3 Å². The van der Waals surface area contributed by atoms with Crippen LogP contribution in [0.25, 0.3) is 0 Å². The Morgan fingerprint density at radius 3 is 2.92 bits per heavy atom. The number of halogens is 1. The van der Waals surface area contributed by atoms with Crippen molar-refractivity contribution in [2.45, 2.75) is 18.6 Å². The van der Waals surface area contributed by atoms with Crippen molar-refractivity contribution < 1.29 is 19.1 Å². The van der Waals surface area contributed by atoms with E-state index in [1.54, 1.807) is 6.07 Å². The maximum atomic E-state index is 12.3. The summed E-state index contributed by atoms with van der Waals surface area (Å²) >= 11 is 7.34. The number of hydrogen-bond donors (Lipinski definition) is 1. The van der Waals surface area contributed by atoms with E-state index in [0.29, 0.717) is 29.7 Å². The zero-order chi connectivity index (χ0) is 17.2. The molecule has 1 amide bonds. The first-order chi connectivity index (χ1) is 12.2. The molecule has 2 unspecified atom stereocenters. The number of carbonyl (C=O) groups is 1. The largest absolute Gasteiger partial charge is 0.486 e. The molecule has 0 aliphatic carbocycles. The summed E-state index contributed by atoms with van der Waals surface area (Å²) in [5, 5.41) is 6.84. The molecule has 25 heavy (non-hydrogen) atoms. The van der Waals surface area contributed by atoms with E-state index < -0.39 is 6.10 Å². The summed E-state index contributed by atoms with van der Waals surface area (Å²) in [5.41, 5.74) is 0.739. The van der Waals surface area contributed by atoms with Gasteiger partial charge in [-0.25, -0.2) is 0 Å². The Kier molecular flexibility index (Phi) is 4.50. The highest BCUT2D eigenvalue weighted by atomic mass is 35.5. The number of oxime groups is 1. The number of para-hydroxylation sites is 2. The Morgan fingerprint density at radius 1 is 1.28 bits per heavy atom. The van der Waals surface area contributed by atoms with Gasteiger partial charge in [-0.3, -0.25) is 4.79 Å². The lowest BCUT2D eigenvalue weighted by Crippen LogP contribution is -2.44. The van der Waals surface area contributed by atoms with Gasteiger partial charge in [0.1, 0.15) is 18.4 Å². The van der Waals surface area contributed by atoms with Gasteiger partial charge in [0.2, 0.25) is 6.10 Å². The predicted molar refractivity (Wildman–Crippen MR) is 94.7 cm³/mol. The van der Waals surface area contributed by atoms with E-state index in [9.17, 15) is 4.79 Å². The van der Waals surface area contributed by atoms with Gasteiger partial charge in [0.15, 0.2) is 11.5 Å². The summed E-state index contributed by atoms with van der Waals surface area (Å²) in [6.07, 6.45) is -0.447. The van der Waals surface area contributed by atoms with Gasteiger partial charge in [-0.1, -0.05) is 28.9 Å². The third-order valence-electron chi connectivity index (χ3n) is 3.89. The van der Waals surface area contributed by atoms with Gasteiger partial charge in [0, 0.05) is 6.42 Å². The van der Waals surface area contributed by atoms with E-state index in [4.69, 9.17) is 25.9 Å². The van der Waals surface area contributed by atoms with Crippen LogP contribution in [0.2, 0.25) is 4.34 Å². The van der Waals surface area contributed by atoms with E-state index in [2.05, 4.69) is 10.5 Å². The van der Waals surface area contributed by atoms with Crippen molar-refractivity contribution in [3.8, 4) is 11.5 Å². The summed E-state index contributed by atoms with van der Waals surface area (Å²) in [6, 6.07) is 11.1. The molecular formula is C17H15ClN2O4S. The summed E-state index contributed by atoms with van der Waals surface area (Å²) in [5.74, 6) is 1.19. The molecule has 3 heterocycles. The number of amides is 1. The van der Waals surface area contributed by atoms with E-state index in [1.807, 2.05) is 30.3 Å². The number of nitrogens with one attached hydrogen (secondary N) is 1. The predicted octanol–water partition coefficient (Wildman–Crippen LogP) is 2.85. The third kappa shape index (κ3) is 3.57. The second kappa shape index (κ2) is 6.93.